The van der Waals surface area contributed by atoms with Crippen molar-refractivity contribution in [3.8, 4) is 11.5 Å². The van der Waals surface area contributed by atoms with Gasteiger partial charge in [-0.1, -0.05) is 0 Å². The zero-order valence-electron chi connectivity index (χ0n) is 10.9. The maximum absolute atomic E-state index is 10.8. The van der Waals surface area contributed by atoms with Crippen molar-refractivity contribution in [3.63, 3.8) is 0 Å². The van der Waals surface area contributed by atoms with Crippen LogP contribution in [0.3, 0.4) is 0 Å². The first-order valence-corrected chi connectivity index (χ1v) is 8.76. The number of nitrogens with two attached hydrogens (primary N) is 1. The average molecular weight is 365 g/mol. The Morgan fingerprint density at radius 3 is 2.80 bits per heavy atom. The molecule has 8 heteroatoms. The molecule has 20 heavy (non-hydrogen) atoms. The number of ether oxygens (including phenoxy) is 2. The Labute approximate surface area is 126 Å². The van der Waals surface area contributed by atoms with Gasteiger partial charge >= 0.3 is 0 Å². The van der Waals surface area contributed by atoms with Gasteiger partial charge in [0, 0.05) is 19.5 Å². The summed E-state index contributed by atoms with van der Waals surface area (Å²) in [5.41, 5.74) is 0.982. The molecular weight excluding hydrogens is 348 g/mol. The van der Waals surface area contributed by atoms with Crippen molar-refractivity contribution in [2.75, 3.05) is 25.5 Å². The number of rotatable bonds is 5. The Morgan fingerprint density at radius 1 is 1.30 bits per heavy atom. The summed E-state index contributed by atoms with van der Waals surface area (Å²) in [6.07, 6.45) is 0.850. The Bertz CT molecular complexity index is 577. The molecule has 0 fully saturated rings. The molecule has 0 atom stereocenters. The molecule has 112 valence electrons. The van der Waals surface area contributed by atoms with Crippen LogP contribution in [0.4, 0.5) is 0 Å². The number of benzene rings is 1. The largest absolute Gasteiger partial charge is 0.490 e. The summed E-state index contributed by atoms with van der Waals surface area (Å²) >= 11 is 3.46. The number of halogens is 1. The summed E-state index contributed by atoms with van der Waals surface area (Å²) in [5.74, 6) is 1.34. The molecule has 0 aliphatic carbocycles. The number of nitrogens with one attached hydrogen (secondary N) is 1. The minimum absolute atomic E-state index is 0.0846. The maximum atomic E-state index is 10.8. The molecule has 0 saturated carbocycles. The third-order valence-electron chi connectivity index (χ3n) is 2.75. The summed E-state index contributed by atoms with van der Waals surface area (Å²) in [6.45, 7) is 2.11. The smallest absolute Gasteiger partial charge is 0.210 e. The molecule has 3 N–H and O–H groups in total. The lowest BCUT2D eigenvalue weighted by atomic mass is 10.2. The lowest BCUT2D eigenvalue weighted by molar-refractivity contribution is 0.296. The first kappa shape index (κ1) is 15.6. The van der Waals surface area contributed by atoms with Crippen molar-refractivity contribution in [1.29, 1.82) is 0 Å². The summed E-state index contributed by atoms with van der Waals surface area (Å²) in [7, 11) is -3.42. The van der Waals surface area contributed by atoms with Crippen molar-refractivity contribution in [1.82, 2.24) is 5.32 Å². The quantitative estimate of drug-likeness (QED) is 0.760. The van der Waals surface area contributed by atoms with Crippen LogP contribution in [0.5, 0.6) is 11.5 Å². The summed E-state index contributed by atoms with van der Waals surface area (Å²) in [6, 6.07) is 3.83. The molecule has 1 aromatic rings. The van der Waals surface area contributed by atoms with E-state index in [1.807, 2.05) is 12.1 Å². The molecule has 2 rings (SSSR count). The second-order valence-corrected chi connectivity index (χ2v) is 7.09. The highest BCUT2D eigenvalue weighted by molar-refractivity contribution is 9.10. The fourth-order valence-electron chi connectivity index (χ4n) is 1.83. The number of primary sulfonamides is 1. The van der Waals surface area contributed by atoms with E-state index in [0.29, 0.717) is 32.1 Å². The summed E-state index contributed by atoms with van der Waals surface area (Å²) < 4.78 is 33.7. The van der Waals surface area contributed by atoms with Gasteiger partial charge in [-0.25, -0.2) is 13.6 Å². The minimum atomic E-state index is -3.42. The van der Waals surface area contributed by atoms with Gasteiger partial charge in [0.2, 0.25) is 10.0 Å². The first-order valence-electron chi connectivity index (χ1n) is 6.25. The minimum Gasteiger partial charge on any atom is -0.490 e. The average Bonchev–Trinajstić information content (AvgIpc) is 2.59. The zero-order valence-corrected chi connectivity index (χ0v) is 13.3. The van der Waals surface area contributed by atoms with E-state index in [1.54, 1.807) is 0 Å². The van der Waals surface area contributed by atoms with Gasteiger partial charge in [0.25, 0.3) is 0 Å². The van der Waals surface area contributed by atoms with Crippen molar-refractivity contribution < 1.29 is 17.9 Å². The molecule has 0 unspecified atom stereocenters. The van der Waals surface area contributed by atoms with E-state index in [9.17, 15) is 8.42 Å². The fraction of sp³-hybridized carbons (Fsp3) is 0.500. The first-order chi connectivity index (χ1) is 9.46. The van der Waals surface area contributed by atoms with Crippen LogP contribution in [-0.2, 0) is 16.6 Å². The standard InChI is InChI=1S/C12H17BrN2O4S/c13-10-6-9(8-15-2-5-20(14,16)17)7-11-12(10)19-4-1-3-18-11/h6-7,15H,1-5,8H2,(H2,14,16,17). The van der Waals surface area contributed by atoms with Gasteiger partial charge in [0.15, 0.2) is 11.5 Å². The molecule has 1 aliphatic heterocycles. The molecule has 0 saturated heterocycles. The molecule has 0 amide bonds. The Hall–Kier alpha value is -0.830. The molecule has 1 heterocycles. The maximum Gasteiger partial charge on any atom is 0.210 e. The third kappa shape index (κ3) is 4.62. The van der Waals surface area contributed by atoms with E-state index < -0.39 is 10.0 Å². The van der Waals surface area contributed by atoms with Crippen molar-refractivity contribution >= 4 is 26.0 Å². The highest BCUT2D eigenvalue weighted by Gasteiger charge is 2.15. The number of hydrogen-bond acceptors (Lipinski definition) is 5. The molecule has 6 nitrogen and oxygen atoms in total. The number of fused-ring (bicyclic) bond motifs is 1. The predicted molar refractivity (Wildman–Crippen MR) is 79.4 cm³/mol. The highest BCUT2D eigenvalue weighted by atomic mass is 79.9. The van der Waals surface area contributed by atoms with Crippen LogP contribution in [0, 0.1) is 0 Å². The van der Waals surface area contributed by atoms with E-state index in [0.717, 1.165) is 22.2 Å². The molecule has 1 aliphatic rings. The van der Waals surface area contributed by atoms with Gasteiger partial charge in [0.1, 0.15) is 0 Å². The van der Waals surface area contributed by atoms with Gasteiger partial charge in [-0.2, -0.15) is 0 Å². The van der Waals surface area contributed by atoms with Crippen LogP contribution in [0.1, 0.15) is 12.0 Å². The van der Waals surface area contributed by atoms with Crippen LogP contribution in [0.25, 0.3) is 0 Å². The summed E-state index contributed by atoms with van der Waals surface area (Å²) in [4.78, 5) is 0. The lowest BCUT2D eigenvalue weighted by Gasteiger charge is -2.12. The molecule has 0 radical (unpaired) electrons. The molecular formula is C12H17BrN2O4S. The van der Waals surface area contributed by atoms with Gasteiger partial charge in [-0.05, 0) is 33.6 Å². The van der Waals surface area contributed by atoms with Crippen molar-refractivity contribution in [3.05, 3.63) is 22.2 Å². The van der Waals surface area contributed by atoms with Gasteiger partial charge in [-0.3, -0.25) is 0 Å². The second kappa shape index (κ2) is 6.75. The number of hydrogen-bond donors (Lipinski definition) is 2. The number of sulfonamides is 1. The molecule has 0 spiro atoms. The Kier molecular flexibility index (Phi) is 5.25. The van der Waals surface area contributed by atoms with Crippen LogP contribution >= 0.6 is 15.9 Å². The van der Waals surface area contributed by atoms with Crippen molar-refractivity contribution in [2.45, 2.75) is 13.0 Å². The van der Waals surface area contributed by atoms with Gasteiger partial charge in [0.05, 0.1) is 23.4 Å². The van der Waals surface area contributed by atoms with Crippen LogP contribution in [-0.4, -0.2) is 33.9 Å². The zero-order chi connectivity index (χ0) is 14.6. The van der Waals surface area contributed by atoms with E-state index in [2.05, 4.69) is 21.2 Å². The Morgan fingerprint density at radius 2 is 2.05 bits per heavy atom. The second-order valence-electron chi connectivity index (χ2n) is 4.50. The lowest BCUT2D eigenvalue weighted by Crippen LogP contribution is -2.26. The molecule has 1 aromatic carbocycles. The molecule has 0 bridgehead atoms. The van der Waals surface area contributed by atoms with E-state index in [1.165, 1.54) is 0 Å². The highest BCUT2D eigenvalue weighted by Crippen LogP contribution is 2.38. The van der Waals surface area contributed by atoms with Gasteiger partial charge in [-0.15, -0.1) is 0 Å². The topological polar surface area (TPSA) is 90.7 Å². The van der Waals surface area contributed by atoms with E-state index in [-0.39, 0.29) is 5.75 Å². The molecule has 0 aromatic heterocycles. The summed E-state index contributed by atoms with van der Waals surface area (Å²) in [5, 5.41) is 7.97. The third-order valence-corrected chi connectivity index (χ3v) is 4.12. The normalized spacial score (nSPS) is 14.9. The SMILES string of the molecule is NS(=O)(=O)CCNCc1cc(Br)c2c(c1)OCCCO2. The van der Waals surface area contributed by atoms with E-state index in [4.69, 9.17) is 14.6 Å². The fourth-order valence-corrected chi connectivity index (χ4v) is 2.87. The van der Waals surface area contributed by atoms with Crippen LogP contribution in [0.2, 0.25) is 0 Å². The van der Waals surface area contributed by atoms with Crippen molar-refractivity contribution in [2.24, 2.45) is 5.14 Å². The van der Waals surface area contributed by atoms with Crippen LogP contribution in [0.15, 0.2) is 16.6 Å². The predicted octanol–water partition coefficient (Wildman–Crippen LogP) is 0.989. The Balaban J connectivity index is 1.99. The van der Waals surface area contributed by atoms with Crippen LogP contribution < -0.4 is 19.9 Å². The van der Waals surface area contributed by atoms with Gasteiger partial charge < -0.3 is 14.8 Å². The van der Waals surface area contributed by atoms with E-state index >= 15 is 0 Å². The monoisotopic (exact) mass is 364 g/mol.